The second kappa shape index (κ2) is 6.14. The van der Waals surface area contributed by atoms with E-state index in [0.29, 0.717) is 6.61 Å². The van der Waals surface area contributed by atoms with Gasteiger partial charge in [0.1, 0.15) is 12.4 Å². The Morgan fingerprint density at radius 2 is 1.89 bits per heavy atom. The first-order valence-electron chi connectivity index (χ1n) is 6.34. The Morgan fingerprint density at radius 3 is 2.47 bits per heavy atom. The van der Waals surface area contributed by atoms with Gasteiger partial charge in [-0.1, -0.05) is 19.9 Å². The highest BCUT2D eigenvalue weighted by Crippen LogP contribution is 2.16. The molecule has 0 unspecified atom stereocenters. The van der Waals surface area contributed by atoms with Crippen molar-refractivity contribution in [1.29, 1.82) is 0 Å². The summed E-state index contributed by atoms with van der Waals surface area (Å²) in [5.41, 5.74) is 1.60. The average Bonchev–Trinajstić information content (AvgIpc) is 2.46. The Morgan fingerprint density at radius 1 is 1.16 bits per heavy atom. The van der Waals surface area contributed by atoms with Crippen LogP contribution in [0.3, 0.4) is 0 Å². The molecule has 1 aromatic carbocycles. The van der Waals surface area contributed by atoms with Gasteiger partial charge in [0.25, 0.3) is 0 Å². The highest BCUT2D eigenvalue weighted by atomic mass is 16.5. The monoisotopic (exact) mass is 255 g/mol. The molecule has 0 aliphatic carbocycles. The third-order valence-corrected chi connectivity index (χ3v) is 2.78. The van der Waals surface area contributed by atoms with E-state index < -0.39 is 0 Å². The van der Waals surface area contributed by atoms with Gasteiger partial charge in [-0.15, -0.1) is 0 Å². The fraction of sp³-hybridized carbons (Fsp3) is 0.250. The van der Waals surface area contributed by atoms with Crippen LogP contribution in [0, 0.1) is 5.92 Å². The van der Waals surface area contributed by atoms with Crippen molar-refractivity contribution in [3.63, 3.8) is 0 Å². The quantitative estimate of drug-likeness (QED) is 0.768. The Hall–Kier alpha value is -2.16. The van der Waals surface area contributed by atoms with Crippen LogP contribution in [-0.4, -0.2) is 10.8 Å². The van der Waals surface area contributed by atoms with Gasteiger partial charge in [0.05, 0.1) is 5.69 Å². The van der Waals surface area contributed by atoms with Crippen LogP contribution in [0.4, 0.5) is 0 Å². The van der Waals surface area contributed by atoms with Crippen LogP contribution in [0.25, 0.3) is 0 Å². The Balaban J connectivity index is 1.98. The van der Waals surface area contributed by atoms with Gasteiger partial charge in [0.15, 0.2) is 5.78 Å². The molecule has 0 N–H and O–H groups in total. The van der Waals surface area contributed by atoms with Gasteiger partial charge in [-0.05, 0) is 36.4 Å². The number of rotatable bonds is 5. The molecule has 0 amide bonds. The number of hydrogen-bond donors (Lipinski definition) is 0. The summed E-state index contributed by atoms with van der Waals surface area (Å²) < 4.78 is 5.61. The molecule has 0 radical (unpaired) electrons. The largest absolute Gasteiger partial charge is 0.487 e. The number of ketones is 1. The molecule has 0 spiro atoms. The van der Waals surface area contributed by atoms with Crippen molar-refractivity contribution in [2.24, 2.45) is 5.92 Å². The molecule has 0 fully saturated rings. The Kier molecular flexibility index (Phi) is 4.29. The Bertz CT molecular complexity index is 532. The molecule has 19 heavy (non-hydrogen) atoms. The molecular formula is C16H17NO2. The molecule has 0 atom stereocenters. The normalized spacial score (nSPS) is 10.5. The number of hydrogen-bond acceptors (Lipinski definition) is 3. The van der Waals surface area contributed by atoms with Crippen molar-refractivity contribution in [2.75, 3.05) is 0 Å². The minimum atomic E-state index is 0.0142. The smallest absolute Gasteiger partial charge is 0.165 e. The molecule has 0 saturated carbocycles. The van der Waals surface area contributed by atoms with E-state index in [9.17, 15) is 4.79 Å². The number of ether oxygens (including phenoxy) is 1. The third-order valence-electron chi connectivity index (χ3n) is 2.78. The number of aromatic nitrogens is 1. The first kappa shape index (κ1) is 13.3. The highest BCUT2D eigenvalue weighted by Gasteiger charge is 2.09. The van der Waals surface area contributed by atoms with Crippen molar-refractivity contribution in [1.82, 2.24) is 4.98 Å². The number of benzene rings is 1. The van der Waals surface area contributed by atoms with E-state index in [1.54, 1.807) is 18.3 Å². The number of Topliss-reactive ketones (excluding diaryl/α,β-unsaturated/α-hetero) is 1. The van der Waals surface area contributed by atoms with Crippen LogP contribution in [-0.2, 0) is 6.61 Å². The van der Waals surface area contributed by atoms with Gasteiger partial charge in [-0.3, -0.25) is 9.78 Å². The molecule has 0 saturated heterocycles. The summed E-state index contributed by atoms with van der Waals surface area (Å²) >= 11 is 0. The molecule has 0 bridgehead atoms. The number of carbonyl (C=O) groups is 1. The maximum absolute atomic E-state index is 11.8. The Labute approximate surface area is 113 Å². The fourth-order valence-corrected chi connectivity index (χ4v) is 1.69. The van der Waals surface area contributed by atoms with Crippen molar-refractivity contribution in [3.05, 3.63) is 59.9 Å². The summed E-state index contributed by atoms with van der Waals surface area (Å²) in [6.45, 7) is 4.22. The van der Waals surface area contributed by atoms with Crippen LogP contribution in [0.15, 0.2) is 48.7 Å². The van der Waals surface area contributed by atoms with Crippen molar-refractivity contribution < 1.29 is 9.53 Å². The van der Waals surface area contributed by atoms with E-state index in [4.69, 9.17) is 4.74 Å². The summed E-state index contributed by atoms with van der Waals surface area (Å²) in [6.07, 6.45) is 1.74. The zero-order valence-electron chi connectivity index (χ0n) is 11.2. The zero-order chi connectivity index (χ0) is 13.7. The van der Waals surface area contributed by atoms with E-state index in [2.05, 4.69) is 4.98 Å². The molecule has 98 valence electrons. The van der Waals surface area contributed by atoms with Crippen molar-refractivity contribution in [2.45, 2.75) is 20.5 Å². The molecule has 2 aromatic rings. The number of pyridine rings is 1. The van der Waals surface area contributed by atoms with E-state index in [1.807, 2.05) is 44.2 Å². The number of carbonyl (C=O) groups excluding carboxylic acids is 1. The average molecular weight is 255 g/mol. The first-order valence-corrected chi connectivity index (χ1v) is 6.34. The standard InChI is InChI=1S/C16H17NO2/c1-12(2)16(18)13-6-8-15(9-7-13)19-11-14-5-3-4-10-17-14/h3-10,12H,11H2,1-2H3. The predicted molar refractivity (Wildman–Crippen MR) is 74.2 cm³/mol. The van der Waals surface area contributed by atoms with Gasteiger partial charge in [-0.2, -0.15) is 0 Å². The van der Waals surface area contributed by atoms with Gasteiger partial charge in [-0.25, -0.2) is 0 Å². The van der Waals surface area contributed by atoms with Gasteiger partial charge in [0.2, 0.25) is 0 Å². The SMILES string of the molecule is CC(C)C(=O)c1ccc(OCc2ccccn2)cc1. The highest BCUT2D eigenvalue weighted by molar-refractivity contribution is 5.97. The second-order valence-corrected chi connectivity index (χ2v) is 4.65. The molecule has 0 aliphatic heterocycles. The van der Waals surface area contributed by atoms with Crippen LogP contribution >= 0.6 is 0 Å². The molecule has 3 heteroatoms. The lowest BCUT2D eigenvalue weighted by Gasteiger charge is -2.07. The van der Waals surface area contributed by atoms with E-state index in [0.717, 1.165) is 17.0 Å². The lowest BCUT2D eigenvalue weighted by molar-refractivity contribution is 0.0939. The van der Waals surface area contributed by atoms with Crippen LogP contribution in [0.5, 0.6) is 5.75 Å². The minimum absolute atomic E-state index is 0.0142. The first-order chi connectivity index (χ1) is 9.16. The molecule has 1 aromatic heterocycles. The van der Waals surface area contributed by atoms with Crippen LogP contribution in [0.1, 0.15) is 29.9 Å². The van der Waals surface area contributed by atoms with E-state index >= 15 is 0 Å². The summed E-state index contributed by atoms with van der Waals surface area (Å²) in [4.78, 5) is 16.0. The molecule has 3 nitrogen and oxygen atoms in total. The maximum Gasteiger partial charge on any atom is 0.165 e. The molecular weight excluding hydrogens is 238 g/mol. The summed E-state index contributed by atoms with van der Waals surface area (Å²) in [5.74, 6) is 0.905. The van der Waals surface area contributed by atoms with Crippen molar-refractivity contribution in [3.8, 4) is 5.75 Å². The molecule has 0 aliphatic rings. The zero-order valence-corrected chi connectivity index (χ0v) is 11.2. The van der Waals surface area contributed by atoms with Crippen LogP contribution in [0.2, 0.25) is 0 Å². The van der Waals surface area contributed by atoms with Gasteiger partial charge in [0, 0.05) is 17.7 Å². The number of nitrogens with zero attached hydrogens (tertiary/aromatic N) is 1. The van der Waals surface area contributed by atoms with E-state index in [1.165, 1.54) is 0 Å². The molecule has 2 rings (SSSR count). The fourth-order valence-electron chi connectivity index (χ4n) is 1.69. The summed E-state index contributed by atoms with van der Waals surface area (Å²) in [6, 6.07) is 13.0. The van der Waals surface area contributed by atoms with E-state index in [-0.39, 0.29) is 11.7 Å². The van der Waals surface area contributed by atoms with Gasteiger partial charge >= 0.3 is 0 Å². The summed E-state index contributed by atoms with van der Waals surface area (Å²) in [7, 11) is 0. The molecule has 1 heterocycles. The minimum Gasteiger partial charge on any atom is -0.487 e. The maximum atomic E-state index is 11.8. The lowest BCUT2D eigenvalue weighted by Crippen LogP contribution is -2.07. The second-order valence-electron chi connectivity index (χ2n) is 4.65. The summed E-state index contributed by atoms with van der Waals surface area (Å²) in [5, 5.41) is 0. The van der Waals surface area contributed by atoms with Crippen molar-refractivity contribution >= 4 is 5.78 Å². The topological polar surface area (TPSA) is 39.2 Å². The van der Waals surface area contributed by atoms with Crippen LogP contribution < -0.4 is 4.74 Å². The van der Waals surface area contributed by atoms with Gasteiger partial charge < -0.3 is 4.74 Å². The predicted octanol–water partition coefficient (Wildman–Crippen LogP) is 3.50. The lowest BCUT2D eigenvalue weighted by atomic mass is 10.0. The third kappa shape index (κ3) is 3.65.